The minimum atomic E-state index is -4.72. The van der Waals surface area contributed by atoms with Crippen LogP contribution in [0.1, 0.15) is 15.9 Å². The normalized spacial score (nSPS) is 11.0. The molecule has 0 radical (unpaired) electrons. The first-order valence-electron chi connectivity index (χ1n) is 6.64. The van der Waals surface area contributed by atoms with Gasteiger partial charge in [-0.05, 0) is 29.8 Å². The van der Waals surface area contributed by atoms with E-state index in [1.54, 1.807) is 30.3 Å². The number of hydrogen-bond acceptors (Lipinski definition) is 4. The van der Waals surface area contributed by atoms with Crippen LogP contribution in [-0.2, 0) is 11.3 Å². The van der Waals surface area contributed by atoms with E-state index in [2.05, 4.69) is 14.8 Å². The van der Waals surface area contributed by atoms with Crippen molar-refractivity contribution in [3.8, 4) is 5.75 Å². The number of alkyl halides is 3. The molecule has 122 valence electrons. The van der Waals surface area contributed by atoms with Crippen LogP contribution < -0.4 is 10.1 Å². The zero-order chi connectivity index (χ0) is 16.9. The van der Waals surface area contributed by atoms with Crippen LogP contribution in [0.15, 0.2) is 48.5 Å². The molecule has 0 aliphatic heterocycles. The van der Waals surface area contributed by atoms with Crippen molar-refractivity contribution >= 4 is 11.7 Å². The first-order valence-corrected chi connectivity index (χ1v) is 6.64. The predicted octanol–water partition coefficient (Wildman–Crippen LogP) is 3.98. The molecular weight excluding hydrogens is 311 g/mol. The molecule has 0 saturated carbocycles. The number of carbonyl (C=O) groups is 1. The number of benzene rings is 2. The largest absolute Gasteiger partial charge is 0.573 e. The van der Waals surface area contributed by atoms with E-state index in [1.165, 1.54) is 25.3 Å². The van der Waals surface area contributed by atoms with Crippen LogP contribution in [0.5, 0.6) is 5.75 Å². The average molecular weight is 325 g/mol. The van der Waals surface area contributed by atoms with Crippen molar-refractivity contribution in [2.24, 2.45) is 0 Å². The number of esters is 1. The Kier molecular flexibility index (Phi) is 5.10. The number of carbonyl (C=O) groups excluding carboxylic acids is 1. The summed E-state index contributed by atoms with van der Waals surface area (Å²) in [7, 11) is 1.30. The lowest BCUT2D eigenvalue weighted by Crippen LogP contribution is -2.17. The Balaban J connectivity index is 1.98. The van der Waals surface area contributed by atoms with Gasteiger partial charge in [0.25, 0.3) is 0 Å². The second-order valence-corrected chi connectivity index (χ2v) is 4.62. The summed E-state index contributed by atoms with van der Waals surface area (Å²) >= 11 is 0. The standard InChI is InChI=1S/C16H14F3NO3/c1-22-15(21)12-7-5-11(6-8-12)10-20-13-3-2-4-14(9-13)23-16(17,18)19/h2-9,20H,10H2,1H3. The zero-order valence-corrected chi connectivity index (χ0v) is 12.2. The van der Waals surface area contributed by atoms with Crippen molar-refractivity contribution in [2.45, 2.75) is 12.9 Å². The van der Waals surface area contributed by atoms with Gasteiger partial charge in [0.15, 0.2) is 0 Å². The summed E-state index contributed by atoms with van der Waals surface area (Å²) in [4.78, 5) is 11.3. The highest BCUT2D eigenvalue weighted by molar-refractivity contribution is 5.89. The summed E-state index contributed by atoms with van der Waals surface area (Å²) in [6.07, 6.45) is -4.72. The van der Waals surface area contributed by atoms with E-state index in [4.69, 9.17) is 0 Å². The average Bonchev–Trinajstić information content (AvgIpc) is 2.51. The molecule has 7 heteroatoms. The van der Waals surface area contributed by atoms with Gasteiger partial charge in [-0.1, -0.05) is 18.2 Å². The molecule has 0 aromatic heterocycles. The van der Waals surface area contributed by atoms with Crippen LogP contribution in [-0.4, -0.2) is 19.4 Å². The molecule has 2 aromatic rings. The van der Waals surface area contributed by atoms with Crippen LogP contribution in [0.25, 0.3) is 0 Å². The third-order valence-corrected chi connectivity index (χ3v) is 2.94. The van der Waals surface area contributed by atoms with E-state index in [9.17, 15) is 18.0 Å². The van der Waals surface area contributed by atoms with Gasteiger partial charge in [-0.15, -0.1) is 13.2 Å². The molecule has 1 N–H and O–H groups in total. The topological polar surface area (TPSA) is 47.6 Å². The Hall–Kier alpha value is -2.70. The Morgan fingerprint density at radius 3 is 2.43 bits per heavy atom. The molecule has 0 unspecified atom stereocenters. The van der Waals surface area contributed by atoms with Gasteiger partial charge in [-0.25, -0.2) is 4.79 Å². The third-order valence-electron chi connectivity index (χ3n) is 2.94. The number of halogens is 3. The van der Waals surface area contributed by atoms with Gasteiger partial charge in [0.05, 0.1) is 12.7 Å². The molecular formula is C16H14F3NO3. The van der Waals surface area contributed by atoms with Gasteiger partial charge in [-0.3, -0.25) is 0 Å². The minimum absolute atomic E-state index is 0.288. The molecule has 0 atom stereocenters. The SMILES string of the molecule is COC(=O)c1ccc(CNc2cccc(OC(F)(F)F)c2)cc1. The predicted molar refractivity (Wildman–Crippen MR) is 78.2 cm³/mol. The molecule has 0 heterocycles. The molecule has 0 amide bonds. The highest BCUT2D eigenvalue weighted by atomic mass is 19.4. The number of anilines is 1. The van der Waals surface area contributed by atoms with E-state index in [0.717, 1.165) is 5.56 Å². The molecule has 0 bridgehead atoms. The highest BCUT2D eigenvalue weighted by Gasteiger charge is 2.31. The number of hydrogen-bond donors (Lipinski definition) is 1. The van der Waals surface area contributed by atoms with Gasteiger partial charge >= 0.3 is 12.3 Å². The Morgan fingerprint density at radius 1 is 1.13 bits per heavy atom. The molecule has 0 saturated heterocycles. The Morgan fingerprint density at radius 2 is 1.83 bits per heavy atom. The van der Waals surface area contributed by atoms with Crippen LogP contribution in [0.3, 0.4) is 0 Å². The monoisotopic (exact) mass is 325 g/mol. The third kappa shape index (κ3) is 5.21. The second kappa shape index (κ2) is 7.04. The minimum Gasteiger partial charge on any atom is -0.465 e. The molecule has 0 aliphatic rings. The van der Waals surface area contributed by atoms with Crippen molar-refractivity contribution in [1.82, 2.24) is 0 Å². The van der Waals surface area contributed by atoms with Crippen molar-refractivity contribution < 1.29 is 27.4 Å². The van der Waals surface area contributed by atoms with Crippen molar-refractivity contribution in [3.63, 3.8) is 0 Å². The fraction of sp³-hybridized carbons (Fsp3) is 0.188. The number of ether oxygens (including phenoxy) is 2. The lowest BCUT2D eigenvalue weighted by atomic mass is 10.1. The maximum Gasteiger partial charge on any atom is 0.573 e. The maximum atomic E-state index is 12.2. The summed E-state index contributed by atoms with van der Waals surface area (Å²) in [5.74, 6) is -0.718. The van der Waals surface area contributed by atoms with Crippen molar-refractivity contribution in [1.29, 1.82) is 0 Å². The van der Waals surface area contributed by atoms with Gasteiger partial charge in [-0.2, -0.15) is 0 Å². The quantitative estimate of drug-likeness (QED) is 0.845. The Bertz CT molecular complexity index is 669. The first-order chi connectivity index (χ1) is 10.9. The smallest absolute Gasteiger partial charge is 0.465 e. The van der Waals surface area contributed by atoms with E-state index >= 15 is 0 Å². The lowest BCUT2D eigenvalue weighted by Gasteiger charge is -2.11. The summed E-state index contributed by atoms with van der Waals surface area (Å²) < 4.78 is 45.0. The van der Waals surface area contributed by atoms with Gasteiger partial charge in [0.2, 0.25) is 0 Å². The second-order valence-electron chi connectivity index (χ2n) is 4.62. The molecule has 2 rings (SSSR count). The van der Waals surface area contributed by atoms with Crippen LogP contribution >= 0.6 is 0 Å². The van der Waals surface area contributed by atoms with Gasteiger partial charge < -0.3 is 14.8 Å². The van der Waals surface area contributed by atoms with E-state index < -0.39 is 12.3 Å². The number of methoxy groups -OCH3 is 1. The zero-order valence-electron chi connectivity index (χ0n) is 12.2. The first kappa shape index (κ1) is 16.7. The van der Waals surface area contributed by atoms with Gasteiger partial charge in [0.1, 0.15) is 5.75 Å². The molecule has 23 heavy (non-hydrogen) atoms. The molecule has 0 aliphatic carbocycles. The molecule has 0 spiro atoms. The lowest BCUT2D eigenvalue weighted by molar-refractivity contribution is -0.274. The van der Waals surface area contributed by atoms with Crippen LogP contribution in [0.2, 0.25) is 0 Å². The Labute approximate surface area is 130 Å². The van der Waals surface area contributed by atoms with Crippen LogP contribution in [0, 0.1) is 0 Å². The summed E-state index contributed by atoms with van der Waals surface area (Å²) in [6, 6.07) is 12.3. The molecule has 2 aromatic carbocycles. The maximum absolute atomic E-state index is 12.2. The summed E-state index contributed by atoms with van der Waals surface area (Å²) in [5, 5.41) is 2.99. The fourth-order valence-corrected chi connectivity index (χ4v) is 1.88. The summed E-state index contributed by atoms with van der Waals surface area (Å²) in [6.45, 7) is 0.386. The van der Waals surface area contributed by atoms with E-state index in [1.807, 2.05) is 0 Å². The highest BCUT2D eigenvalue weighted by Crippen LogP contribution is 2.25. The molecule has 4 nitrogen and oxygen atoms in total. The number of nitrogens with one attached hydrogen (secondary N) is 1. The summed E-state index contributed by atoms with van der Waals surface area (Å²) in [5.41, 5.74) is 1.78. The number of rotatable bonds is 5. The van der Waals surface area contributed by atoms with Crippen LogP contribution in [0.4, 0.5) is 18.9 Å². The van der Waals surface area contributed by atoms with E-state index in [0.29, 0.717) is 17.8 Å². The molecule has 0 fully saturated rings. The van der Waals surface area contributed by atoms with E-state index in [-0.39, 0.29) is 5.75 Å². The van der Waals surface area contributed by atoms with Gasteiger partial charge in [0, 0.05) is 18.3 Å². The fourth-order valence-electron chi connectivity index (χ4n) is 1.88. The van der Waals surface area contributed by atoms with Crippen molar-refractivity contribution in [3.05, 3.63) is 59.7 Å². The van der Waals surface area contributed by atoms with Crippen molar-refractivity contribution in [2.75, 3.05) is 12.4 Å².